The molecular formula is C14H24N2OS2. The fourth-order valence-electron chi connectivity index (χ4n) is 1.75. The molecule has 1 aromatic heterocycles. The van der Waals surface area contributed by atoms with E-state index in [1.165, 1.54) is 4.88 Å². The SMILES string of the molecule is CCOCCCNC(=S)NC(c1cccs1)C(C)C. The monoisotopic (exact) mass is 300 g/mol. The van der Waals surface area contributed by atoms with Gasteiger partial charge in [-0.05, 0) is 42.9 Å². The molecule has 0 saturated heterocycles. The first-order valence-corrected chi connectivity index (χ1v) is 8.09. The van der Waals surface area contributed by atoms with Gasteiger partial charge in [0.25, 0.3) is 0 Å². The minimum Gasteiger partial charge on any atom is -0.382 e. The van der Waals surface area contributed by atoms with E-state index in [2.05, 4.69) is 42.0 Å². The molecule has 1 heterocycles. The number of nitrogens with one attached hydrogen (secondary N) is 2. The minimum atomic E-state index is 0.284. The van der Waals surface area contributed by atoms with E-state index in [1.807, 2.05) is 6.92 Å². The van der Waals surface area contributed by atoms with Crippen molar-refractivity contribution in [2.24, 2.45) is 5.92 Å². The molecular weight excluding hydrogens is 276 g/mol. The molecule has 0 bridgehead atoms. The van der Waals surface area contributed by atoms with Crippen molar-refractivity contribution in [3.8, 4) is 0 Å². The summed E-state index contributed by atoms with van der Waals surface area (Å²) < 4.78 is 5.29. The van der Waals surface area contributed by atoms with Gasteiger partial charge in [-0.3, -0.25) is 0 Å². The number of hydrogen-bond donors (Lipinski definition) is 2. The lowest BCUT2D eigenvalue weighted by molar-refractivity contribution is 0.145. The number of thiophene rings is 1. The van der Waals surface area contributed by atoms with E-state index < -0.39 is 0 Å². The van der Waals surface area contributed by atoms with Gasteiger partial charge in [-0.15, -0.1) is 11.3 Å². The molecule has 0 aromatic carbocycles. The first kappa shape index (κ1) is 16.4. The van der Waals surface area contributed by atoms with Crippen molar-refractivity contribution in [3.05, 3.63) is 22.4 Å². The summed E-state index contributed by atoms with van der Waals surface area (Å²) in [5, 5.41) is 9.46. The van der Waals surface area contributed by atoms with Crippen molar-refractivity contribution in [3.63, 3.8) is 0 Å². The molecule has 0 saturated carbocycles. The van der Waals surface area contributed by atoms with Crippen LogP contribution in [-0.2, 0) is 4.74 Å². The van der Waals surface area contributed by atoms with Crippen molar-refractivity contribution < 1.29 is 4.74 Å². The minimum absolute atomic E-state index is 0.284. The molecule has 0 amide bonds. The highest BCUT2D eigenvalue weighted by atomic mass is 32.1. The summed E-state index contributed by atoms with van der Waals surface area (Å²) in [5.74, 6) is 0.502. The summed E-state index contributed by atoms with van der Waals surface area (Å²) >= 11 is 7.11. The molecule has 108 valence electrons. The molecule has 1 unspecified atom stereocenters. The lowest BCUT2D eigenvalue weighted by Crippen LogP contribution is -2.39. The Kier molecular flexibility index (Phi) is 8.02. The number of ether oxygens (including phenoxy) is 1. The van der Waals surface area contributed by atoms with Gasteiger partial charge in [-0.2, -0.15) is 0 Å². The first-order valence-electron chi connectivity index (χ1n) is 6.80. The van der Waals surface area contributed by atoms with Gasteiger partial charge in [0.05, 0.1) is 6.04 Å². The fraction of sp³-hybridized carbons (Fsp3) is 0.643. The quantitative estimate of drug-likeness (QED) is 0.570. The Morgan fingerprint density at radius 1 is 1.47 bits per heavy atom. The van der Waals surface area contributed by atoms with Gasteiger partial charge < -0.3 is 15.4 Å². The molecule has 19 heavy (non-hydrogen) atoms. The second-order valence-corrected chi connectivity index (χ2v) is 6.08. The van der Waals surface area contributed by atoms with Crippen LogP contribution in [0.15, 0.2) is 17.5 Å². The third-order valence-corrected chi connectivity index (χ3v) is 3.98. The van der Waals surface area contributed by atoms with Gasteiger partial charge in [-0.25, -0.2) is 0 Å². The largest absolute Gasteiger partial charge is 0.382 e. The van der Waals surface area contributed by atoms with E-state index in [4.69, 9.17) is 17.0 Å². The molecule has 0 aliphatic rings. The Morgan fingerprint density at radius 3 is 2.84 bits per heavy atom. The maximum atomic E-state index is 5.34. The maximum absolute atomic E-state index is 5.34. The van der Waals surface area contributed by atoms with E-state index >= 15 is 0 Å². The Morgan fingerprint density at radius 2 is 2.26 bits per heavy atom. The van der Waals surface area contributed by atoms with E-state index in [-0.39, 0.29) is 6.04 Å². The highest BCUT2D eigenvalue weighted by Gasteiger charge is 2.17. The molecule has 1 atom stereocenters. The average Bonchev–Trinajstić information content (AvgIpc) is 2.89. The first-order chi connectivity index (χ1) is 9.15. The van der Waals surface area contributed by atoms with E-state index in [0.717, 1.165) is 31.3 Å². The van der Waals surface area contributed by atoms with Crippen LogP contribution < -0.4 is 10.6 Å². The van der Waals surface area contributed by atoms with Gasteiger partial charge in [0.15, 0.2) is 5.11 Å². The van der Waals surface area contributed by atoms with Gasteiger partial charge >= 0.3 is 0 Å². The van der Waals surface area contributed by atoms with Gasteiger partial charge in [0.1, 0.15) is 0 Å². The van der Waals surface area contributed by atoms with Crippen molar-refractivity contribution in [2.45, 2.75) is 33.2 Å². The molecule has 0 spiro atoms. The number of thiocarbonyl (C=S) groups is 1. The van der Waals surface area contributed by atoms with Gasteiger partial charge in [0, 0.05) is 24.6 Å². The summed E-state index contributed by atoms with van der Waals surface area (Å²) in [5.41, 5.74) is 0. The molecule has 1 rings (SSSR count). The van der Waals surface area contributed by atoms with Crippen LogP contribution in [-0.4, -0.2) is 24.9 Å². The van der Waals surface area contributed by atoms with Crippen LogP contribution in [0.25, 0.3) is 0 Å². The van der Waals surface area contributed by atoms with Gasteiger partial charge in [0.2, 0.25) is 0 Å². The molecule has 5 heteroatoms. The molecule has 1 aromatic rings. The highest BCUT2D eigenvalue weighted by molar-refractivity contribution is 7.80. The molecule has 2 N–H and O–H groups in total. The van der Waals surface area contributed by atoms with Crippen LogP contribution >= 0.6 is 23.6 Å². The summed E-state index contributed by atoms with van der Waals surface area (Å²) in [6, 6.07) is 4.52. The molecule has 0 fully saturated rings. The fourth-order valence-corrected chi connectivity index (χ4v) is 2.93. The summed E-state index contributed by atoms with van der Waals surface area (Å²) in [4.78, 5) is 1.33. The molecule has 0 radical (unpaired) electrons. The van der Waals surface area contributed by atoms with Crippen molar-refractivity contribution in [1.82, 2.24) is 10.6 Å². The Labute approximate surface area is 125 Å². The normalized spacial score (nSPS) is 12.4. The second-order valence-electron chi connectivity index (χ2n) is 4.69. The predicted molar refractivity (Wildman–Crippen MR) is 86.7 cm³/mol. The van der Waals surface area contributed by atoms with Crippen molar-refractivity contribution in [2.75, 3.05) is 19.8 Å². The van der Waals surface area contributed by atoms with Crippen molar-refractivity contribution >= 4 is 28.7 Å². The van der Waals surface area contributed by atoms with Crippen LogP contribution in [0.2, 0.25) is 0 Å². The Balaban J connectivity index is 2.32. The summed E-state index contributed by atoms with van der Waals surface area (Å²) in [6.45, 7) is 8.82. The zero-order valence-corrected chi connectivity index (χ0v) is 13.6. The topological polar surface area (TPSA) is 33.3 Å². The van der Waals surface area contributed by atoms with Crippen LogP contribution in [0, 0.1) is 5.92 Å². The lowest BCUT2D eigenvalue weighted by atomic mass is 10.0. The summed E-state index contributed by atoms with van der Waals surface area (Å²) in [6.07, 6.45) is 0.973. The van der Waals surface area contributed by atoms with Crippen molar-refractivity contribution in [1.29, 1.82) is 0 Å². The summed E-state index contributed by atoms with van der Waals surface area (Å²) in [7, 11) is 0. The molecule has 3 nitrogen and oxygen atoms in total. The van der Waals surface area contributed by atoms with Crippen LogP contribution in [0.4, 0.5) is 0 Å². The third kappa shape index (κ3) is 6.36. The van der Waals surface area contributed by atoms with Crippen LogP contribution in [0.3, 0.4) is 0 Å². The number of hydrogen-bond acceptors (Lipinski definition) is 3. The Hall–Kier alpha value is -0.650. The van der Waals surface area contributed by atoms with Gasteiger partial charge in [-0.1, -0.05) is 19.9 Å². The third-order valence-electron chi connectivity index (χ3n) is 2.76. The Bertz CT molecular complexity index is 352. The molecule has 0 aliphatic heterocycles. The highest BCUT2D eigenvalue weighted by Crippen LogP contribution is 2.25. The lowest BCUT2D eigenvalue weighted by Gasteiger charge is -2.23. The standard InChI is InChI=1S/C14H24N2OS2/c1-4-17-9-6-8-15-14(18)16-13(11(2)3)12-7-5-10-19-12/h5,7,10-11,13H,4,6,8-9H2,1-3H3,(H2,15,16,18). The number of rotatable bonds is 8. The smallest absolute Gasteiger partial charge is 0.166 e. The van der Waals surface area contributed by atoms with E-state index in [9.17, 15) is 0 Å². The average molecular weight is 300 g/mol. The second kappa shape index (κ2) is 9.28. The predicted octanol–water partition coefficient (Wildman–Crippen LogP) is 3.34. The van der Waals surface area contributed by atoms with Crippen LogP contribution in [0.5, 0.6) is 0 Å². The zero-order valence-electron chi connectivity index (χ0n) is 11.9. The van der Waals surface area contributed by atoms with E-state index in [1.54, 1.807) is 11.3 Å². The van der Waals surface area contributed by atoms with Crippen LogP contribution in [0.1, 0.15) is 38.1 Å². The maximum Gasteiger partial charge on any atom is 0.166 e. The van der Waals surface area contributed by atoms with E-state index in [0.29, 0.717) is 5.92 Å². The zero-order chi connectivity index (χ0) is 14.1. The molecule has 0 aliphatic carbocycles.